The quantitative estimate of drug-likeness (QED) is 0.704. The van der Waals surface area contributed by atoms with Gasteiger partial charge in [-0.05, 0) is 55.5 Å². The maximum absolute atomic E-state index is 12.0. The molecule has 0 saturated carbocycles. The van der Waals surface area contributed by atoms with Crippen molar-refractivity contribution in [2.24, 2.45) is 0 Å². The number of aryl methyl sites for hydroxylation is 1. The van der Waals surface area contributed by atoms with Gasteiger partial charge in [0.2, 0.25) is 0 Å². The van der Waals surface area contributed by atoms with Gasteiger partial charge in [-0.1, -0.05) is 35.9 Å². The highest BCUT2D eigenvalue weighted by Gasteiger charge is 2.04. The van der Waals surface area contributed by atoms with Crippen molar-refractivity contribution in [1.29, 1.82) is 0 Å². The van der Waals surface area contributed by atoms with Crippen LogP contribution in [0.15, 0.2) is 78.9 Å². The number of benzene rings is 3. The van der Waals surface area contributed by atoms with Crippen molar-refractivity contribution in [3.63, 3.8) is 0 Å². The summed E-state index contributed by atoms with van der Waals surface area (Å²) in [5, 5.41) is 2.80. The first-order chi connectivity index (χ1) is 12.2. The summed E-state index contributed by atoms with van der Waals surface area (Å²) in [6.45, 7) is 1.97. The highest BCUT2D eigenvalue weighted by molar-refractivity contribution is 5.91. The molecule has 25 heavy (non-hydrogen) atoms. The first kappa shape index (κ1) is 16.6. The Morgan fingerprint density at radius 3 is 2.08 bits per heavy atom. The van der Waals surface area contributed by atoms with E-state index in [0.29, 0.717) is 17.2 Å². The largest absolute Gasteiger partial charge is 0.484 e. The molecule has 0 unspecified atom stereocenters. The SMILES string of the molecule is Cc1ccc(OCC(=O)Nc2ccc(Oc3ccccc3)cc2)cc1. The Bertz CT molecular complexity index is 812. The van der Waals surface area contributed by atoms with Crippen LogP contribution in [0.2, 0.25) is 0 Å². The van der Waals surface area contributed by atoms with Gasteiger partial charge in [-0.25, -0.2) is 0 Å². The Kier molecular flexibility index (Phi) is 5.32. The van der Waals surface area contributed by atoms with E-state index in [1.807, 2.05) is 73.7 Å². The molecule has 3 aromatic rings. The minimum absolute atomic E-state index is 0.0364. The standard InChI is InChI=1S/C21H19NO3/c1-16-7-11-18(12-8-16)24-15-21(23)22-17-9-13-20(14-10-17)25-19-5-3-2-4-6-19/h2-14H,15H2,1H3,(H,22,23). The molecule has 0 atom stereocenters. The lowest BCUT2D eigenvalue weighted by Gasteiger charge is -2.09. The van der Waals surface area contributed by atoms with Crippen LogP contribution >= 0.6 is 0 Å². The fraction of sp³-hybridized carbons (Fsp3) is 0.0952. The number of carbonyl (C=O) groups excluding carboxylic acids is 1. The van der Waals surface area contributed by atoms with Crippen LogP contribution in [0, 0.1) is 6.92 Å². The molecule has 0 saturated heterocycles. The van der Waals surface area contributed by atoms with Crippen LogP contribution in [-0.2, 0) is 4.79 Å². The molecule has 0 radical (unpaired) electrons. The predicted molar refractivity (Wildman–Crippen MR) is 98.3 cm³/mol. The Morgan fingerprint density at radius 1 is 0.800 bits per heavy atom. The van der Waals surface area contributed by atoms with Gasteiger partial charge in [0, 0.05) is 5.69 Å². The highest BCUT2D eigenvalue weighted by atomic mass is 16.5. The van der Waals surface area contributed by atoms with E-state index in [-0.39, 0.29) is 12.5 Å². The van der Waals surface area contributed by atoms with Gasteiger partial charge in [0.25, 0.3) is 5.91 Å². The van der Waals surface area contributed by atoms with Gasteiger partial charge in [-0.3, -0.25) is 4.79 Å². The molecule has 4 heteroatoms. The number of para-hydroxylation sites is 1. The normalized spacial score (nSPS) is 10.1. The summed E-state index contributed by atoms with van der Waals surface area (Å²) in [7, 11) is 0. The van der Waals surface area contributed by atoms with Crippen molar-refractivity contribution in [2.45, 2.75) is 6.92 Å². The zero-order chi connectivity index (χ0) is 17.5. The fourth-order valence-electron chi connectivity index (χ4n) is 2.21. The number of amides is 1. The third-order valence-corrected chi connectivity index (χ3v) is 3.51. The number of nitrogens with one attached hydrogen (secondary N) is 1. The lowest BCUT2D eigenvalue weighted by Crippen LogP contribution is -2.20. The molecule has 0 fully saturated rings. The van der Waals surface area contributed by atoms with Gasteiger partial charge in [0.15, 0.2) is 6.61 Å². The Hall–Kier alpha value is -3.27. The molecular formula is C21H19NO3. The average molecular weight is 333 g/mol. The van der Waals surface area contributed by atoms with Crippen LogP contribution in [0.1, 0.15) is 5.56 Å². The molecule has 1 amide bonds. The van der Waals surface area contributed by atoms with Crippen molar-refractivity contribution >= 4 is 11.6 Å². The summed E-state index contributed by atoms with van der Waals surface area (Å²) in [5.74, 6) is 1.94. The zero-order valence-corrected chi connectivity index (χ0v) is 13.9. The van der Waals surface area contributed by atoms with Gasteiger partial charge in [-0.2, -0.15) is 0 Å². The van der Waals surface area contributed by atoms with Crippen LogP contribution in [0.5, 0.6) is 17.2 Å². The lowest BCUT2D eigenvalue weighted by molar-refractivity contribution is -0.118. The van der Waals surface area contributed by atoms with Gasteiger partial charge in [-0.15, -0.1) is 0 Å². The van der Waals surface area contributed by atoms with E-state index in [4.69, 9.17) is 9.47 Å². The predicted octanol–water partition coefficient (Wildman–Crippen LogP) is 4.80. The minimum Gasteiger partial charge on any atom is -0.484 e. The summed E-state index contributed by atoms with van der Waals surface area (Å²) >= 11 is 0. The first-order valence-electron chi connectivity index (χ1n) is 8.01. The number of carbonyl (C=O) groups is 1. The second-order valence-electron chi connectivity index (χ2n) is 5.59. The molecule has 126 valence electrons. The van der Waals surface area contributed by atoms with Gasteiger partial charge in [0.1, 0.15) is 17.2 Å². The molecular weight excluding hydrogens is 314 g/mol. The van der Waals surface area contributed by atoms with E-state index in [9.17, 15) is 4.79 Å². The molecule has 0 aliphatic carbocycles. The number of hydrogen-bond acceptors (Lipinski definition) is 3. The van der Waals surface area contributed by atoms with Crippen LogP contribution in [0.3, 0.4) is 0 Å². The van der Waals surface area contributed by atoms with E-state index in [2.05, 4.69) is 5.32 Å². The molecule has 0 heterocycles. The summed E-state index contributed by atoms with van der Waals surface area (Å²) in [6, 6.07) is 24.3. The Morgan fingerprint density at radius 2 is 1.40 bits per heavy atom. The summed E-state index contributed by atoms with van der Waals surface area (Å²) in [4.78, 5) is 12.0. The van der Waals surface area contributed by atoms with E-state index in [1.165, 1.54) is 0 Å². The molecule has 3 aromatic carbocycles. The van der Waals surface area contributed by atoms with Crippen molar-refractivity contribution in [3.8, 4) is 17.2 Å². The summed E-state index contributed by atoms with van der Waals surface area (Å²) in [5.41, 5.74) is 1.84. The van der Waals surface area contributed by atoms with Crippen LogP contribution in [-0.4, -0.2) is 12.5 Å². The smallest absolute Gasteiger partial charge is 0.262 e. The first-order valence-corrected chi connectivity index (χ1v) is 8.01. The van der Waals surface area contributed by atoms with E-state index in [0.717, 1.165) is 11.3 Å². The lowest BCUT2D eigenvalue weighted by atomic mass is 10.2. The summed E-state index contributed by atoms with van der Waals surface area (Å²) < 4.78 is 11.2. The second kappa shape index (κ2) is 8.02. The summed E-state index contributed by atoms with van der Waals surface area (Å²) in [6.07, 6.45) is 0. The average Bonchev–Trinajstić information content (AvgIpc) is 2.64. The van der Waals surface area contributed by atoms with Crippen molar-refractivity contribution < 1.29 is 14.3 Å². The highest BCUT2D eigenvalue weighted by Crippen LogP contribution is 2.22. The van der Waals surface area contributed by atoms with Crippen LogP contribution in [0.4, 0.5) is 5.69 Å². The number of ether oxygens (including phenoxy) is 2. The van der Waals surface area contributed by atoms with Crippen molar-refractivity contribution in [2.75, 3.05) is 11.9 Å². The second-order valence-corrected chi connectivity index (χ2v) is 5.59. The Balaban J connectivity index is 1.50. The van der Waals surface area contributed by atoms with E-state index < -0.39 is 0 Å². The molecule has 0 aromatic heterocycles. The molecule has 0 aliphatic rings. The van der Waals surface area contributed by atoms with Gasteiger partial charge >= 0.3 is 0 Å². The topological polar surface area (TPSA) is 47.6 Å². The van der Waals surface area contributed by atoms with Crippen LogP contribution in [0.25, 0.3) is 0 Å². The van der Waals surface area contributed by atoms with E-state index in [1.54, 1.807) is 12.1 Å². The van der Waals surface area contributed by atoms with Gasteiger partial charge < -0.3 is 14.8 Å². The minimum atomic E-state index is -0.211. The molecule has 1 N–H and O–H groups in total. The molecule has 3 rings (SSSR count). The zero-order valence-electron chi connectivity index (χ0n) is 13.9. The molecule has 0 bridgehead atoms. The molecule has 4 nitrogen and oxygen atoms in total. The maximum atomic E-state index is 12.0. The number of rotatable bonds is 6. The molecule has 0 spiro atoms. The van der Waals surface area contributed by atoms with Crippen molar-refractivity contribution in [1.82, 2.24) is 0 Å². The monoisotopic (exact) mass is 333 g/mol. The Labute approximate surface area is 147 Å². The third kappa shape index (κ3) is 5.11. The third-order valence-electron chi connectivity index (χ3n) is 3.51. The van der Waals surface area contributed by atoms with Crippen molar-refractivity contribution in [3.05, 3.63) is 84.4 Å². The molecule has 0 aliphatic heterocycles. The number of anilines is 1. The fourth-order valence-corrected chi connectivity index (χ4v) is 2.21. The van der Waals surface area contributed by atoms with E-state index >= 15 is 0 Å². The number of hydrogen-bond donors (Lipinski definition) is 1. The van der Waals surface area contributed by atoms with Crippen LogP contribution < -0.4 is 14.8 Å². The van der Waals surface area contributed by atoms with Gasteiger partial charge in [0.05, 0.1) is 0 Å². The maximum Gasteiger partial charge on any atom is 0.262 e.